The number of halogens is 1. The van der Waals surface area contributed by atoms with Gasteiger partial charge in [-0.15, -0.1) is 0 Å². The van der Waals surface area contributed by atoms with Gasteiger partial charge in [-0.25, -0.2) is 14.4 Å². The monoisotopic (exact) mass is 199 g/mol. The maximum absolute atomic E-state index is 13.3. The molecule has 0 aliphatic carbocycles. The molecule has 0 aliphatic heterocycles. The van der Waals surface area contributed by atoms with E-state index in [1.165, 1.54) is 18.3 Å². The lowest BCUT2D eigenvalue weighted by Gasteiger charge is -2.00. The summed E-state index contributed by atoms with van der Waals surface area (Å²) in [7, 11) is 0. The highest BCUT2D eigenvalue weighted by Crippen LogP contribution is 2.17. The molecule has 0 amide bonds. The summed E-state index contributed by atoms with van der Waals surface area (Å²) in [4.78, 5) is 7.83. The van der Waals surface area contributed by atoms with Crippen molar-refractivity contribution in [2.75, 3.05) is 0 Å². The molecule has 0 N–H and O–H groups in total. The van der Waals surface area contributed by atoms with E-state index >= 15 is 0 Å². The molecule has 0 radical (unpaired) electrons. The fourth-order valence-corrected chi connectivity index (χ4v) is 1.19. The van der Waals surface area contributed by atoms with Gasteiger partial charge in [0.25, 0.3) is 0 Å². The van der Waals surface area contributed by atoms with Gasteiger partial charge >= 0.3 is 0 Å². The molecule has 72 valence electrons. The Morgan fingerprint density at radius 3 is 2.73 bits per heavy atom. The van der Waals surface area contributed by atoms with Gasteiger partial charge in [-0.1, -0.05) is 12.1 Å². The minimum absolute atomic E-state index is 0.225. The number of hydrogen-bond acceptors (Lipinski definition) is 3. The summed E-state index contributed by atoms with van der Waals surface area (Å²) in [6.45, 7) is 0. The van der Waals surface area contributed by atoms with Gasteiger partial charge < -0.3 is 0 Å². The van der Waals surface area contributed by atoms with Crippen LogP contribution >= 0.6 is 0 Å². The molecule has 1 aromatic carbocycles. The Kier molecular flexibility index (Phi) is 2.38. The maximum Gasteiger partial charge on any atom is 0.163 e. The Hall–Kier alpha value is -2.28. The van der Waals surface area contributed by atoms with Gasteiger partial charge in [0.05, 0.1) is 5.56 Å². The van der Waals surface area contributed by atoms with Crippen LogP contribution in [0.25, 0.3) is 11.4 Å². The zero-order valence-corrected chi connectivity index (χ0v) is 7.68. The molecule has 2 rings (SSSR count). The molecule has 0 unspecified atom stereocenters. The van der Waals surface area contributed by atoms with Crippen molar-refractivity contribution in [1.29, 1.82) is 5.26 Å². The summed E-state index contributed by atoms with van der Waals surface area (Å²) in [5.74, 6) is -0.167. The number of hydrogen-bond donors (Lipinski definition) is 0. The van der Waals surface area contributed by atoms with E-state index in [9.17, 15) is 4.39 Å². The van der Waals surface area contributed by atoms with E-state index in [0.717, 1.165) is 0 Å². The van der Waals surface area contributed by atoms with Crippen molar-refractivity contribution in [3.8, 4) is 17.5 Å². The van der Waals surface area contributed by atoms with Crippen LogP contribution in [0.3, 0.4) is 0 Å². The third kappa shape index (κ3) is 1.81. The predicted octanol–water partition coefficient (Wildman–Crippen LogP) is 2.15. The Balaban J connectivity index is 2.55. The molecule has 0 fully saturated rings. The molecule has 3 nitrogen and oxygen atoms in total. The first-order valence-corrected chi connectivity index (χ1v) is 4.29. The molecular weight excluding hydrogens is 193 g/mol. The van der Waals surface area contributed by atoms with Gasteiger partial charge in [0.1, 0.15) is 17.6 Å². The highest BCUT2D eigenvalue weighted by molar-refractivity contribution is 5.55. The highest BCUT2D eigenvalue weighted by Gasteiger charge is 2.06. The lowest BCUT2D eigenvalue weighted by molar-refractivity contribution is 0.630. The quantitative estimate of drug-likeness (QED) is 0.707. The van der Waals surface area contributed by atoms with E-state index in [-0.39, 0.29) is 11.5 Å². The van der Waals surface area contributed by atoms with Crippen molar-refractivity contribution in [3.63, 3.8) is 0 Å². The lowest BCUT2D eigenvalue weighted by atomic mass is 10.2. The van der Waals surface area contributed by atoms with Crippen molar-refractivity contribution in [1.82, 2.24) is 9.97 Å². The third-order valence-corrected chi connectivity index (χ3v) is 1.88. The average molecular weight is 199 g/mol. The fourth-order valence-electron chi connectivity index (χ4n) is 1.19. The first-order valence-electron chi connectivity index (χ1n) is 4.29. The van der Waals surface area contributed by atoms with Crippen molar-refractivity contribution >= 4 is 0 Å². The van der Waals surface area contributed by atoms with Gasteiger partial charge in [0, 0.05) is 6.20 Å². The molecule has 0 aliphatic rings. The van der Waals surface area contributed by atoms with E-state index in [4.69, 9.17) is 5.26 Å². The Morgan fingerprint density at radius 2 is 2.00 bits per heavy atom. The second-order valence-electron chi connectivity index (χ2n) is 2.86. The lowest BCUT2D eigenvalue weighted by Crippen LogP contribution is -1.93. The second-order valence-corrected chi connectivity index (χ2v) is 2.86. The van der Waals surface area contributed by atoms with Crippen LogP contribution in [0.1, 0.15) is 5.69 Å². The second kappa shape index (κ2) is 3.84. The third-order valence-electron chi connectivity index (χ3n) is 1.88. The first kappa shape index (κ1) is 9.28. The summed E-state index contributed by atoms with van der Waals surface area (Å²) in [5, 5.41) is 8.64. The largest absolute Gasteiger partial charge is 0.236 e. The summed E-state index contributed by atoms with van der Waals surface area (Å²) >= 11 is 0. The van der Waals surface area contributed by atoms with Gasteiger partial charge in [-0.05, 0) is 18.2 Å². The van der Waals surface area contributed by atoms with Crippen LogP contribution in [-0.2, 0) is 0 Å². The molecule has 0 saturated carbocycles. The SMILES string of the molecule is N#Cc1ccnc(-c2ccccc2F)n1. The fraction of sp³-hybridized carbons (Fsp3) is 0. The molecule has 4 heteroatoms. The summed E-state index contributed by atoms with van der Waals surface area (Å²) in [6, 6.07) is 9.55. The standard InChI is InChI=1S/C11H6FN3/c12-10-4-2-1-3-9(10)11-14-6-5-8(7-13)15-11/h1-6H. The molecule has 0 saturated heterocycles. The molecule has 2 aromatic rings. The van der Waals surface area contributed by atoms with Crippen LogP contribution in [-0.4, -0.2) is 9.97 Å². The zero-order chi connectivity index (χ0) is 10.7. The van der Waals surface area contributed by atoms with E-state index in [1.807, 2.05) is 6.07 Å². The normalized spacial score (nSPS) is 9.60. The summed E-state index contributed by atoms with van der Waals surface area (Å²) in [5.41, 5.74) is 0.526. The van der Waals surface area contributed by atoms with Gasteiger partial charge in [-0.3, -0.25) is 0 Å². The van der Waals surface area contributed by atoms with Gasteiger partial charge in [0.2, 0.25) is 0 Å². The molecule has 1 heterocycles. The number of rotatable bonds is 1. The molecule has 15 heavy (non-hydrogen) atoms. The maximum atomic E-state index is 13.3. The molecule has 1 aromatic heterocycles. The highest BCUT2D eigenvalue weighted by atomic mass is 19.1. The van der Waals surface area contributed by atoms with Crippen LogP contribution in [0, 0.1) is 17.1 Å². The topological polar surface area (TPSA) is 49.6 Å². The predicted molar refractivity (Wildman–Crippen MR) is 52.1 cm³/mol. The average Bonchev–Trinajstić information content (AvgIpc) is 2.30. The van der Waals surface area contributed by atoms with Crippen LogP contribution in [0.5, 0.6) is 0 Å². The van der Waals surface area contributed by atoms with Crippen molar-refractivity contribution in [2.24, 2.45) is 0 Å². The van der Waals surface area contributed by atoms with Crippen molar-refractivity contribution in [2.45, 2.75) is 0 Å². The molecule has 0 atom stereocenters. The van der Waals surface area contributed by atoms with Crippen LogP contribution in [0.15, 0.2) is 36.5 Å². The van der Waals surface area contributed by atoms with E-state index in [0.29, 0.717) is 5.56 Å². The van der Waals surface area contributed by atoms with Gasteiger partial charge in [-0.2, -0.15) is 5.26 Å². The van der Waals surface area contributed by atoms with E-state index in [2.05, 4.69) is 9.97 Å². The summed E-state index contributed by atoms with van der Waals surface area (Å²) in [6.07, 6.45) is 1.44. The number of nitriles is 1. The Labute approximate surface area is 85.9 Å². The minimum atomic E-state index is -0.396. The van der Waals surface area contributed by atoms with Crippen molar-refractivity contribution < 1.29 is 4.39 Å². The Bertz CT molecular complexity index is 531. The van der Waals surface area contributed by atoms with Crippen LogP contribution < -0.4 is 0 Å². The molecule has 0 bridgehead atoms. The Morgan fingerprint density at radius 1 is 1.20 bits per heavy atom. The first-order chi connectivity index (χ1) is 7.31. The number of nitrogens with zero attached hydrogens (tertiary/aromatic N) is 3. The van der Waals surface area contributed by atoms with E-state index < -0.39 is 5.82 Å². The summed E-state index contributed by atoms with van der Waals surface area (Å²) < 4.78 is 13.3. The smallest absolute Gasteiger partial charge is 0.163 e. The number of benzene rings is 1. The zero-order valence-electron chi connectivity index (χ0n) is 7.68. The van der Waals surface area contributed by atoms with Crippen molar-refractivity contribution in [3.05, 3.63) is 48.0 Å². The van der Waals surface area contributed by atoms with Crippen LogP contribution in [0.4, 0.5) is 4.39 Å². The minimum Gasteiger partial charge on any atom is -0.236 e. The molecular formula is C11H6FN3. The molecule has 0 spiro atoms. The van der Waals surface area contributed by atoms with E-state index in [1.54, 1.807) is 18.2 Å². The van der Waals surface area contributed by atoms with Gasteiger partial charge in [0.15, 0.2) is 5.82 Å². The number of aromatic nitrogens is 2. The van der Waals surface area contributed by atoms with Crippen LogP contribution in [0.2, 0.25) is 0 Å².